The number of carboxylic acid groups (broad SMARTS) is 1. The molecule has 4 heteroatoms. The molecule has 1 fully saturated rings. The van der Waals surface area contributed by atoms with Gasteiger partial charge in [-0.2, -0.15) is 0 Å². The van der Waals surface area contributed by atoms with E-state index < -0.39 is 11.9 Å². The Morgan fingerprint density at radius 1 is 1.33 bits per heavy atom. The molecule has 0 saturated heterocycles. The standard InChI is InChI=1S/C11H19NO3/c1-5-6-12(4)9(13)7-8(10(14)15)11(7,2)3/h7-8H,5-6H2,1-4H3,(H,14,15)/t7-,8+/m1/s1. The van der Waals surface area contributed by atoms with Crippen LogP contribution in [0.4, 0.5) is 0 Å². The number of carbonyl (C=O) groups excluding carboxylic acids is 1. The topological polar surface area (TPSA) is 57.6 Å². The van der Waals surface area contributed by atoms with E-state index in [9.17, 15) is 9.59 Å². The summed E-state index contributed by atoms with van der Waals surface area (Å²) >= 11 is 0. The fourth-order valence-corrected chi connectivity index (χ4v) is 2.24. The van der Waals surface area contributed by atoms with Gasteiger partial charge in [-0.15, -0.1) is 0 Å². The molecular weight excluding hydrogens is 194 g/mol. The first kappa shape index (κ1) is 12.0. The fraction of sp³-hybridized carbons (Fsp3) is 0.818. The van der Waals surface area contributed by atoms with Crippen LogP contribution in [0.1, 0.15) is 27.2 Å². The second-order valence-corrected chi connectivity index (χ2v) is 4.87. The summed E-state index contributed by atoms with van der Waals surface area (Å²) < 4.78 is 0. The highest BCUT2D eigenvalue weighted by Gasteiger charge is 2.66. The lowest BCUT2D eigenvalue weighted by molar-refractivity contribution is -0.141. The zero-order valence-electron chi connectivity index (χ0n) is 9.78. The zero-order valence-corrected chi connectivity index (χ0v) is 9.78. The van der Waals surface area contributed by atoms with Crippen molar-refractivity contribution >= 4 is 11.9 Å². The van der Waals surface area contributed by atoms with Crippen LogP contribution < -0.4 is 0 Å². The minimum Gasteiger partial charge on any atom is -0.481 e. The molecule has 2 atom stereocenters. The van der Waals surface area contributed by atoms with E-state index in [1.165, 1.54) is 0 Å². The molecule has 15 heavy (non-hydrogen) atoms. The van der Waals surface area contributed by atoms with E-state index in [1.54, 1.807) is 11.9 Å². The van der Waals surface area contributed by atoms with Crippen LogP contribution in [0, 0.1) is 17.3 Å². The van der Waals surface area contributed by atoms with Gasteiger partial charge in [-0.1, -0.05) is 20.8 Å². The average molecular weight is 213 g/mol. The summed E-state index contributed by atoms with van der Waals surface area (Å²) in [5.74, 6) is -1.74. The number of aliphatic carboxylic acids is 1. The number of hydrogen-bond donors (Lipinski definition) is 1. The van der Waals surface area contributed by atoms with Crippen LogP contribution in [0.3, 0.4) is 0 Å². The summed E-state index contributed by atoms with van der Waals surface area (Å²) in [6, 6.07) is 0. The molecule has 0 radical (unpaired) electrons. The molecule has 1 rings (SSSR count). The van der Waals surface area contributed by atoms with Gasteiger partial charge in [0.05, 0.1) is 11.8 Å². The normalized spacial score (nSPS) is 27.2. The highest BCUT2D eigenvalue weighted by molar-refractivity contribution is 5.91. The lowest BCUT2D eigenvalue weighted by Crippen LogP contribution is -2.30. The highest BCUT2D eigenvalue weighted by Crippen LogP contribution is 2.58. The largest absolute Gasteiger partial charge is 0.481 e. The van der Waals surface area contributed by atoms with Crippen LogP contribution in [0.2, 0.25) is 0 Å². The van der Waals surface area contributed by atoms with Gasteiger partial charge >= 0.3 is 5.97 Å². The summed E-state index contributed by atoms with van der Waals surface area (Å²) in [7, 11) is 1.74. The third-order valence-electron chi connectivity index (χ3n) is 3.29. The van der Waals surface area contributed by atoms with Crippen molar-refractivity contribution in [3.05, 3.63) is 0 Å². The Balaban J connectivity index is 2.67. The van der Waals surface area contributed by atoms with Gasteiger partial charge < -0.3 is 10.0 Å². The summed E-state index contributed by atoms with van der Waals surface area (Å²) in [5, 5.41) is 8.95. The van der Waals surface area contributed by atoms with Crippen LogP contribution in [0.5, 0.6) is 0 Å². The SMILES string of the molecule is CCCN(C)C(=O)[C@H]1[C@@H](C(=O)O)C1(C)C. The van der Waals surface area contributed by atoms with Gasteiger partial charge in [0.15, 0.2) is 0 Å². The minimum atomic E-state index is -0.858. The van der Waals surface area contributed by atoms with Crippen molar-refractivity contribution in [3.63, 3.8) is 0 Å². The minimum absolute atomic E-state index is 0.0331. The summed E-state index contributed by atoms with van der Waals surface area (Å²) in [4.78, 5) is 24.4. The fourth-order valence-electron chi connectivity index (χ4n) is 2.24. The third kappa shape index (κ3) is 1.98. The predicted molar refractivity (Wildman–Crippen MR) is 56.3 cm³/mol. The van der Waals surface area contributed by atoms with Crippen molar-refractivity contribution < 1.29 is 14.7 Å². The van der Waals surface area contributed by atoms with Crippen molar-refractivity contribution in [3.8, 4) is 0 Å². The molecule has 0 heterocycles. The first-order valence-electron chi connectivity index (χ1n) is 5.31. The molecule has 4 nitrogen and oxygen atoms in total. The zero-order chi connectivity index (χ0) is 11.8. The van der Waals surface area contributed by atoms with E-state index in [4.69, 9.17) is 5.11 Å². The number of nitrogens with zero attached hydrogens (tertiary/aromatic N) is 1. The van der Waals surface area contributed by atoms with Crippen molar-refractivity contribution in [2.75, 3.05) is 13.6 Å². The van der Waals surface area contributed by atoms with Crippen LogP contribution in [-0.4, -0.2) is 35.5 Å². The van der Waals surface area contributed by atoms with E-state index in [2.05, 4.69) is 0 Å². The molecule has 0 aromatic heterocycles. The molecule has 1 saturated carbocycles. The monoisotopic (exact) mass is 213 g/mol. The van der Waals surface area contributed by atoms with Crippen molar-refractivity contribution in [1.82, 2.24) is 4.90 Å². The maximum atomic E-state index is 11.9. The molecule has 0 spiro atoms. The lowest BCUT2D eigenvalue weighted by atomic mass is 10.1. The Morgan fingerprint density at radius 3 is 2.20 bits per heavy atom. The predicted octanol–water partition coefficient (Wildman–Crippen LogP) is 1.21. The molecular formula is C11H19NO3. The van der Waals surface area contributed by atoms with Crippen LogP contribution in [-0.2, 0) is 9.59 Å². The summed E-state index contributed by atoms with van der Waals surface area (Å²) in [6.07, 6.45) is 0.896. The molecule has 0 bridgehead atoms. The van der Waals surface area contributed by atoms with E-state index in [0.717, 1.165) is 6.42 Å². The van der Waals surface area contributed by atoms with E-state index in [-0.39, 0.29) is 17.2 Å². The first-order valence-corrected chi connectivity index (χ1v) is 5.31. The Hall–Kier alpha value is -1.06. The first-order chi connectivity index (χ1) is 6.84. The Kier molecular flexibility index (Phi) is 3.07. The van der Waals surface area contributed by atoms with Gasteiger partial charge in [-0.05, 0) is 11.8 Å². The molecule has 1 N–H and O–H groups in total. The van der Waals surface area contributed by atoms with Gasteiger partial charge in [-0.3, -0.25) is 9.59 Å². The summed E-state index contributed by atoms with van der Waals surface area (Å²) in [6.45, 7) is 6.37. The summed E-state index contributed by atoms with van der Waals surface area (Å²) in [5.41, 5.74) is -0.384. The van der Waals surface area contributed by atoms with Crippen LogP contribution >= 0.6 is 0 Å². The molecule has 0 aliphatic heterocycles. The second kappa shape index (κ2) is 3.83. The van der Waals surface area contributed by atoms with Gasteiger partial charge in [0.25, 0.3) is 0 Å². The second-order valence-electron chi connectivity index (χ2n) is 4.87. The van der Waals surface area contributed by atoms with Gasteiger partial charge in [0.2, 0.25) is 5.91 Å². The Morgan fingerprint density at radius 2 is 1.87 bits per heavy atom. The number of rotatable bonds is 4. The Labute approximate surface area is 90.3 Å². The lowest BCUT2D eigenvalue weighted by Gasteiger charge is -2.16. The molecule has 1 amide bonds. The van der Waals surface area contributed by atoms with E-state index >= 15 is 0 Å². The van der Waals surface area contributed by atoms with Crippen molar-refractivity contribution in [2.24, 2.45) is 17.3 Å². The number of hydrogen-bond acceptors (Lipinski definition) is 2. The van der Waals surface area contributed by atoms with Crippen LogP contribution in [0.15, 0.2) is 0 Å². The maximum absolute atomic E-state index is 11.9. The smallest absolute Gasteiger partial charge is 0.307 e. The quantitative estimate of drug-likeness (QED) is 0.763. The molecule has 0 unspecified atom stereocenters. The maximum Gasteiger partial charge on any atom is 0.307 e. The molecule has 86 valence electrons. The van der Waals surface area contributed by atoms with Gasteiger partial charge in [0.1, 0.15) is 0 Å². The van der Waals surface area contributed by atoms with Crippen LogP contribution in [0.25, 0.3) is 0 Å². The molecule has 1 aliphatic rings. The van der Waals surface area contributed by atoms with Crippen molar-refractivity contribution in [1.29, 1.82) is 0 Å². The number of carboxylic acids is 1. The number of amides is 1. The van der Waals surface area contributed by atoms with Gasteiger partial charge in [0, 0.05) is 13.6 Å². The molecule has 1 aliphatic carbocycles. The third-order valence-corrected chi connectivity index (χ3v) is 3.29. The number of carbonyl (C=O) groups is 2. The highest BCUT2D eigenvalue weighted by atomic mass is 16.4. The average Bonchev–Trinajstić information content (AvgIpc) is 2.68. The van der Waals surface area contributed by atoms with E-state index in [1.807, 2.05) is 20.8 Å². The van der Waals surface area contributed by atoms with Crippen molar-refractivity contribution in [2.45, 2.75) is 27.2 Å². The van der Waals surface area contributed by atoms with Gasteiger partial charge in [-0.25, -0.2) is 0 Å². The Bertz CT molecular complexity index is 286. The molecule has 0 aromatic rings. The molecule has 0 aromatic carbocycles. The van der Waals surface area contributed by atoms with E-state index in [0.29, 0.717) is 6.54 Å².